The summed E-state index contributed by atoms with van der Waals surface area (Å²) in [6, 6.07) is 88.2. The van der Waals surface area contributed by atoms with Gasteiger partial charge in [-0.25, -0.2) is 0 Å². The van der Waals surface area contributed by atoms with Crippen molar-refractivity contribution in [2.24, 2.45) is 0 Å². The zero-order valence-electron chi connectivity index (χ0n) is 37.0. The van der Waals surface area contributed by atoms with E-state index in [1.807, 2.05) is 0 Å². The van der Waals surface area contributed by atoms with Crippen LogP contribution in [0, 0.1) is 0 Å². The third-order valence-electron chi connectivity index (χ3n) is 13.6. The molecule has 0 amide bonds. The van der Waals surface area contributed by atoms with E-state index >= 15 is 0 Å². The first-order valence-corrected chi connectivity index (χ1v) is 22.8. The lowest BCUT2D eigenvalue weighted by molar-refractivity contribution is 0.660. The van der Waals surface area contributed by atoms with Gasteiger partial charge in [-0.3, -0.25) is 0 Å². The molecule has 10 aromatic carbocycles. The van der Waals surface area contributed by atoms with Crippen molar-refractivity contribution in [1.29, 1.82) is 0 Å². The Morgan fingerprint density at radius 2 is 0.727 bits per heavy atom. The average Bonchev–Trinajstić information content (AvgIpc) is 3.86. The molecule has 11 aromatic rings. The van der Waals surface area contributed by atoms with E-state index < -0.39 is 0 Å². The van der Waals surface area contributed by atoms with Gasteiger partial charge in [-0.05, 0) is 135 Å². The molecule has 0 unspecified atom stereocenters. The number of benzene rings is 10. The predicted molar refractivity (Wildman–Crippen MR) is 279 cm³/mol. The summed E-state index contributed by atoms with van der Waals surface area (Å²) in [5.74, 6) is 0. The van der Waals surface area contributed by atoms with Crippen molar-refractivity contribution in [3.8, 4) is 44.5 Å². The Morgan fingerprint density at radius 3 is 1.30 bits per heavy atom. The molecule has 66 heavy (non-hydrogen) atoms. The zero-order valence-corrected chi connectivity index (χ0v) is 37.0. The second-order valence-corrected chi connectivity index (χ2v) is 17.9. The molecule has 1 N–H and O–H groups in total. The van der Waals surface area contributed by atoms with Crippen molar-refractivity contribution < 1.29 is 0 Å². The standard InChI is InChI=1S/C63H47N3/c1-63(2)59-39-47(31-37-54(59)55-38-36-52(42-60(55)63)65(48-21-11-5-12-22-48)49-23-13-6-14-24-49)57-40-53(41-58-56-25-15-16-26-61(56)64-62(57)58)66(50-32-27-45(28-33-50)43-17-7-3-8-18-43)51-34-29-46(30-35-51)44-19-9-4-10-20-44/h3-42,64H,1-2H3. The van der Waals surface area contributed by atoms with Crippen LogP contribution in [-0.2, 0) is 5.41 Å². The van der Waals surface area contributed by atoms with Gasteiger partial charge in [-0.15, -0.1) is 0 Å². The lowest BCUT2D eigenvalue weighted by Crippen LogP contribution is -2.16. The van der Waals surface area contributed by atoms with Gasteiger partial charge in [-0.2, -0.15) is 0 Å². The van der Waals surface area contributed by atoms with Gasteiger partial charge in [0.15, 0.2) is 0 Å². The van der Waals surface area contributed by atoms with E-state index in [4.69, 9.17) is 0 Å². The van der Waals surface area contributed by atoms with Gasteiger partial charge in [0.25, 0.3) is 0 Å². The fraction of sp³-hybridized carbons (Fsp3) is 0.0476. The topological polar surface area (TPSA) is 22.3 Å². The number of aromatic nitrogens is 1. The summed E-state index contributed by atoms with van der Waals surface area (Å²) in [5.41, 5.74) is 21.1. The van der Waals surface area contributed by atoms with Gasteiger partial charge in [0.05, 0.1) is 5.52 Å². The highest BCUT2D eigenvalue weighted by Crippen LogP contribution is 2.52. The number of anilines is 6. The molecule has 1 aliphatic carbocycles. The molecule has 3 heteroatoms. The number of hydrogen-bond donors (Lipinski definition) is 1. The SMILES string of the molecule is CC1(C)c2cc(-c3cc(N(c4ccc(-c5ccccc5)cc4)c4ccc(-c5ccccc5)cc4)cc4c3[nH]c3ccccc34)ccc2-c2ccc(N(c3ccccc3)c3ccccc3)cc21. The molecule has 0 saturated carbocycles. The number of para-hydroxylation sites is 3. The van der Waals surface area contributed by atoms with E-state index in [0.717, 1.165) is 45.2 Å². The number of rotatable bonds is 9. The second-order valence-electron chi connectivity index (χ2n) is 17.9. The Labute approximate surface area is 386 Å². The maximum Gasteiger partial charge on any atom is 0.0546 e. The Morgan fingerprint density at radius 1 is 0.303 bits per heavy atom. The normalized spacial score (nSPS) is 12.5. The van der Waals surface area contributed by atoms with Crippen LogP contribution in [0.1, 0.15) is 25.0 Å². The Hall–Kier alpha value is -8.40. The number of aromatic amines is 1. The third kappa shape index (κ3) is 6.76. The molecule has 12 rings (SSSR count). The van der Waals surface area contributed by atoms with E-state index in [1.54, 1.807) is 0 Å². The smallest absolute Gasteiger partial charge is 0.0546 e. The van der Waals surface area contributed by atoms with Crippen LogP contribution in [0.15, 0.2) is 243 Å². The average molecular weight is 846 g/mol. The lowest BCUT2D eigenvalue weighted by Gasteiger charge is -2.28. The molecule has 3 nitrogen and oxygen atoms in total. The maximum atomic E-state index is 3.87. The summed E-state index contributed by atoms with van der Waals surface area (Å²) in [5, 5.41) is 2.40. The van der Waals surface area contributed by atoms with Crippen molar-refractivity contribution >= 4 is 55.9 Å². The number of nitrogens with zero attached hydrogens (tertiary/aromatic N) is 2. The fourth-order valence-electron chi connectivity index (χ4n) is 10.2. The quantitative estimate of drug-likeness (QED) is 0.156. The molecule has 0 spiro atoms. The minimum Gasteiger partial charge on any atom is -0.354 e. The monoisotopic (exact) mass is 845 g/mol. The number of hydrogen-bond acceptors (Lipinski definition) is 2. The Balaban J connectivity index is 1.00. The van der Waals surface area contributed by atoms with Crippen LogP contribution in [0.2, 0.25) is 0 Å². The Kier molecular flexibility index (Phi) is 9.50. The summed E-state index contributed by atoms with van der Waals surface area (Å²) in [7, 11) is 0. The third-order valence-corrected chi connectivity index (χ3v) is 13.6. The molecule has 0 fully saturated rings. The van der Waals surface area contributed by atoms with Gasteiger partial charge >= 0.3 is 0 Å². The predicted octanol–water partition coefficient (Wildman–Crippen LogP) is 17.6. The molecule has 0 bridgehead atoms. The van der Waals surface area contributed by atoms with Gasteiger partial charge in [-0.1, -0.05) is 172 Å². The van der Waals surface area contributed by atoms with Gasteiger partial charge in [0.2, 0.25) is 0 Å². The van der Waals surface area contributed by atoms with Crippen LogP contribution >= 0.6 is 0 Å². The van der Waals surface area contributed by atoms with E-state index in [0.29, 0.717) is 0 Å². The molecule has 0 radical (unpaired) electrons. The zero-order chi connectivity index (χ0) is 44.2. The summed E-state index contributed by atoms with van der Waals surface area (Å²) in [4.78, 5) is 8.65. The molecule has 0 aliphatic heterocycles. The molecular formula is C63H47N3. The van der Waals surface area contributed by atoms with Crippen molar-refractivity contribution in [1.82, 2.24) is 4.98 Å². The molecule has 314 valence electrons. The van der Waals surface area contributed by atoms with E-state index in [9.17, 15) is 0 Å². The van der Waals surface area contributed by atoms with Crippen LogP contribution in [0.25, 0.3) is 66.3 Å². The molecule has 1 aliphatic rings. The van der Waals surface area contributed by atoms with Crippen LogP contribution in [-0.4, -0.2) is 4.98 Å². The first-order valence-electron chi connectivity index (χ1n) is 22.8. The molecule has 1 heterocycles. The first kappa shape index (κ1) is 39.2. The molecule has 1 aromatic heterocycles. The first-order chi connectivity index (χ1) is 32.5. The largest absolute Gasteiger partial charge is 0.354 e. The van der Waals surface area contributed by atoms with E-state index in [-0.39, 0.29) is 5.41 Å². The second kappa shape index (κ2) is 16.0. The van der Waals surface area contributed by atoms with Crippen molar-refractivity contribution in [2.75, 3.05) is 9.80 Å². The minimum atomic E-state index is -0.250. The van der Waals surface area contributed by atoms with Crippen LogP contribution in [0.4, 0.5) is 34.1 Å². The van der Waals surface area contributed by atoms with Gasteiger partial charge < -0.3 is 14.8 Å². The molecule has 0 atom stereocenters. The van der Waals surface area contributed by atoms with Crippen LogP contribution in [0.5, 0.6) is 0 Å². The number of fused-ring (bicyclic) bond motifs is 6. The lowest BCUT2D eigenvalue weighted by atomic mass is 9.81. The highest BCUT2D eigenvalue weighted by atomic mass is 15.1. The summed E-state index contributed by atoms with van der Waals surface area (Å²) in [6.45, 7) is 4.77. The number of nitrogens with one attached hydrogen (secondary N) is 1. The van der Waals surface area contributed by atoms with Crippen molar-refractivity contribution in [2.45, 2.75) is 19.3 Å². The minimum absolute atomic E-state index is 0.250. The van der Waals surface area contributed by atoms with E-state index in [1.165, 1.54) is 66.4 Å². The summed E-state index contributed by atoms with van der Waals surface area (Å²) < 4.78 is 0. The fourth-order valence-corrected chi connectivity index (χ4v) is 10.2. The highest BCUT2D eigenvalue weighted by molar-refractivity contribution is 6.14. The van der Waals surface area contributed by atoms with Gasteiger partial charge in [0.1, 0.15) is 0 Å². The maximum absolute atomic E-state index is 3.87. The Bertz CT molecular complexity index is 3400. The van der Waals surface area contributed by atoms with Crippen LogP contribution in [0.3, 0.4) is 0 Å². The molecular weight excluding hydrogens is 799 g/mol. The summed E-state index contributed by atoms with van der Waals surface area (Å²) >= 11 is 0. The van der Waals surface area contributed by atoms with Gasteiger partial charge in [0, 0.05) is 61.4 Å². The van der Waals surface area contributed by atoms with Crippen LogP contribution < -0.4 is 9.80 Å². The van der Waals surface area contributed by atoms with Crippen molar-refractivity contribution in [3.63, 3.8) is 0 Å². The van der Waals surface area contributed by atoms with Crippen molar-refractivity contribution in [3.05, 3.63) is 254 Å². The number of H-pyrrole nitrogens is 1. The highest BCUT2D eigenvalue weighted by Gasteiger charge is 2.36. The van der Waals surface area contributed by atoms with E-state index in [2.05, 4.69) is 271 Å². The summed E-state index contributed by atoms with van der Waals surface area (Å²) in [6.07, 6.45) is 0. The molecule has 0 saturated heterocycles.